The molecule has 3 aromatic rings. The molecule has 0 spiro atoms. The van der Waals surface area contributed by atoms with Gasteiger partial charge < -0.3 is 15.5 Å². The zero-order valence-electron chi connectivity index (χ0n) is 17.5. The van der Waals surface area contributed by atoms with Gasteiger partial charge in [0.05, 0.1) is 22.5 Å². The number of carbonyl (C=O) groups excluding carboxylic acids is 2. The normalized spacial score (nSPS) is 17.0. The topological polar surface area (TPSA) is 100 Å². The van der Waals surface area contributed by atoms with E-state index in [-0.39, 0.29) is 23.9 Å². The van der Waals surface area contributed by atoms with Crippen molar-refractivity contribution in [2.24, 2.45) is 0 Å². The van der Waals surface area contributed by atoms with Gasteiger partial charge in [-0.1, -0.05) is 0 Å². The van der Waals surface area contributed by atoms with Crippen LogP contribution in [0, 0.1) is 12.7 Å². The predicted octanol–water partition coefficient (Wildman–Crippen LogP) is 3.06. The molecule has 8 nitrogen and oxygen atoms in total. The Labute approximate surface area is 182 Å². The molecule has 1 aliphatic rings. The highest BCUT2D eigenvalue weighted by Crippen LogP contribution is 2.29. The average Bonchev–Trinajstić information content (AvgIpc) is 3.32. The number of pyridine rings is 1. The molecule has 10 heteroatoms. The Hall–Kier alpha value is -3.14. The lowest BCUT2D eigenvalue weighted by Crippen LogP contribution is -2.37. The number of carbonyl (C=O) groups is 2. The van der Waals surface area contributed by atoms with E-state index in [9.17, 15) is 14.0 Å². The zero-order valence-corrected chi connectivity index (χ0v) is 18.3. The first-order chi connectivity index (χ1) is 14.8. The van der Waals surface area contributed by atoms with Gasteiger partial charge >= 0.3 is 0 Å². The second-order valence-corrected chi connectivity index (χ2v) is 8.96. The summed E-state index contributed by atoms with van der Waals surface area (Å²) < 4.78 is 14.3. The molecule has 2 atom stereocenters. The van der Waals surface area contributed by atoms with Gasteiger partial charge in [0.25, 0.3) is 5.91 Å². The van der Waals surface area contributed by atoms with Gasteiger partial charge in [-0.25, -0.2) is 14.4 Å². The molecule has 2 amide bonds. The standard InChI is InChI=1S/C21H23FN6O2S/c1-11-6-17-19(31-11)18(20(30)28-5-4-16(10-28)25-13(3)29)27-21(26-17)24-12(2)14-7-15(22)9-23-8-14/h6-9,12,16H,4-5,10H2,1-3H3,(H,25,29)(H,24,26,27)/t12-,16?/m0/s1. The summed E-state index contributed by atoms with van der Waals surface area (Å²) in [5.41, 5.74) is 1.67. The first-order valence-electron chi connectivity index (χ1n) is 10.0. The Morgan fingerprint density at radius 3 is 2.84 bits per heavy atom. The van der Waals surface area contributed by atoms with Gasteiger partial charge in [0.15, 0.2) is 5.69 Å². The van der Waals surface area contributed by atoms with Crippen molar-refractivity contribution in [1.29, 1.82) is 0 Å². The maximum atomic E-state index is 13.5. The molecule has 4 heterocycles. The molecule has 31 heavy (non-hydrogen) atoms. The summed E-state index contributed by atoms with van der Waals surface area (Å²) in [4.78, 5) is 40.3. The molecular weight excluding hydrogens is 419 g/mol. The van der Waals surface area contributed by atoms with Crippen LogP contribution in [0.2, 0.25) is 0 Å². The maximum Gasteiger partial charge on any atom is 0.274 e. The highest BCUT2D eigenvalue weighted by molar-refractivity contribution is 7.19. The minimum atomic E-state index is -0.422. The SMILES string of the molecule is CC(=O)NC1CCN(C(=O)c2nc(N[C@@H](C)c3cncc(F)c3)nc3cc(C)sc23)C1. The lowest BCUT2D eigenvalue weighted by molar-refractivity contribution is -0.119. The fourth-order valence-electron chi connectivity index (χ4n) is 3.70. The molecule has 1 unspecified atom stereocenters. The number of nitrogens with zero attached hydrogens (tertiary/aromatic N) is 4. The summed E-state index contributed by atoms with van der Waals surface area (Å²) >= 11 is 1.47. The van der Waals surface area contributed by atoms with Crippen LogP contribution in [-0.4, -0.2) is 50.8 Å². The third kappa shape index (κ3) is 4.63. The molecule has 0 bridgehead atoms. The molecular formula is C21H23FN6O2S. The van der Waals surface area contributed by atoms with Crippen molar-refractivity contribution in [2.75, 3.05) is 18.4 Å². The van der Waals surface area contributed by atoms with E-state index in [0.29, 0.717) is 42.2 Å². The van der Waals surface area contributed by atoms with E-state index in [2.05, 4.69) is 25.6 Å². The molecule has 0 radical (unpaired) electrons. The van der Waals surface area contributed by atoms with Crippen LogP contribution in [0.3, 0.4) is 0 Å². The van der Waals surface area contributed by atoms with Gasteiger partial charge in [0.1, 0.15) is 5.82 Å². The molecule has 2 N–H and O–H groups in total. The van der Waals surface area contributed by atoms with Gasteiger partial charge in [-0.2, -0.15) is 0 Å². The van der Waals surface area contributed by atoms with E-state index in [1.807, 2.05) is 19.9 Å². The van der Waals surface area contributed by atoms with Crippen molar-refractivity contribution >= 4 is 39.3 Å². The summed E-state index contributed by atoms with van der Waals surface area (Å²) in [6, 6.07) is 2.96. The van der Waals surface area contributed by atoms with E-state index in [1.165, 1.54) is 24.3 Å². The first-order valence-corrected chi connectivity index (χ1v) is 10.8. The minimum absolute atomic E-state index is 0.0538. The average molecular weight is 443 g/mol. The van der Waals surface area contributed by atoms with E-state index in [0.717, 1.165) is 15.8 Å². The predicted molar refractivity (Wildman–Crippen MR) is 117 cm³/mol. The highest BCUT2D eigenvalue weighted by Gasteiger charge is 2.30. The molecule has 4 rings (SSSR count). The molecule has 1 fully saturated rings. The van der Waals surface area contributed by atoms with Gasteiger partial charge in [-0.3, -0.25) is 14.6 Å². The van der Waals surface area contributed by atoms with Crippen LogP contribution >= 0.6 is 11.3 Å². The van der Waals surface area contributed by atoms with Gasteiger partial charge in [-0.05, 0) is 38.0 Å². The molecule has 0 aliphatic carbocycles. The van der Waals surface area contributed by atoms with Crippen molar-refractivity contribution in [1.82, 2.24) is 25.2 Å². The van der Waals surface area contributed by atoms with E-state index in [1.54, 1.807) is 11.1 Å². The number of halogens is 1. The molecule has 0 aromatic carbocycles. The second kappa shape index (κ2) is 8.54. The second-order valence-electron chi connectivity index (χ2n) is 7.71. The number of nitrogens with one attached hydrogen (secondary N) is 2. The fraction of sp³-hybridized carbons (Fsp3) is 0.381. The lowest BCUT2D eigenvalue weighted by Gasteiger charge is -2.18. The van der Waals surface area contributed by atoms with Crippen molar-refractivity contribution in [3.8, 4) is 0 Å². The Morgan fingerprint density at radius 1 is 1.29 bits per heavy atom. The van der Waals surface area contributed by atoms with Crippen LogP contribution in [0.4, 0.5) is 10.3 Å². The number of rotatable bonds is 5. The zero-order chi connectivity index (χ0) is 22.1. The quantitative estimate of drug-likeness (QED) is 0.630. The third-order valence-corrected chi connectivity index (χ3v) is 6.20. The number of aryl methyl sites for hydroxylation is 1. The number of hydrogen-bond donors (Lipinski definition) is 2. The monoisotopic (exact) mass is 442 g/mol. The van der Waals surface area contributed by atoms with Crippen molar-refractivity contribution in [3.05, 3.63) is 46.5 Å². The number of anilines is 1. The largest absolute Gasteiger partial charge is 0.352 e. The van der Waals surface area contributed by atoms with E-state index in [4.69, 9.17) is 0 Å². The van der Waals surface area contributed by atoms with Gasteiger partial charge in [-0.15, -0.1) is 11.3 Å². The van der Waals surface area contributed by atoms with Crippen molar-refractivity contribution < 1.29 is 14.0 Å². The maximum absolute atomic E-state index is 13.5. The number of amides is 2. The Kier molecular flexibility index (Phi) is 5.81. The Balaban J connectivity index is 1.62. The lowest BCUT2D eigenvalue weighted by atomic mass is 10.1. The number of hydrogen-bond acceptors (Lipinski definition) is 7. The fourth-order valence-corrected chi connectivity index (χ4v) is 4.63. The third-order valence-electron chi connectivity index (χ3n) is 5.15. The number of fused-ring (bicyclic) bond motifs is 1. The Morgan fingerprint density at radius 2 is 2.10 bits per heavy atom. The van der Waals surface area contributed by atoms with Crippen LogP contribution in [-0.2, 0) is 4.79 Å². The molecule has 162 valence electrons. The summed E-state index contributed by atoms with van der Waals surface area (Å²) in [7, 11) is 0. The molecule has 1 saturated heterocycles. The van der Waals surface area contributed by atoms with Crippen LogP contribution in [0.25, 0.3) is 10.2 Å². The number of aromatic nitrogens is 3. The molecule has 1 aliphatic heterocycles. The molecule has 0 saturated carbocycles. The van der Waals surface area contributed by atoms with E-state index >= 15 is 0 Å². The summed E-state index contributed by atoms with van der Waals surface area (Å²) in [5.74, 6) is -0.423. The van der Waals surface area contributed by atoms with Crippen LogP contribution in [0.1, 0.15) is 47.2 Å². The molecule has 3 aromatic heterocycles. The summed E-state index contributed by atoms with van der Waals surface area (Å²) in [5, 5.41) is 6.02. The van der Waals surface area contributed by atoms with Gasteiger partial charge in [0, 0.05) is 37.1 Å². The van der Waals surface area contributed by atoms with Crippen LogP contribution < -0.4 is 10.6 Å². The van der Waals surface area contributed by atoms with Crippen molar-refractivity contribution in [3.63, 3.8) is 0 Å². The minimum Gasteiger partial charge on any atom is -0.352 e. The van der Waals surface area contributed by atoms with Crippen molar-refractivity contribution in [2.45, 2.75) is 39.3 Å². The summed E-state index contributed by atoms with van der Waals surface area (Å²) in [6.45, 7) is 6.27. The smallest absolute Gasteiger partial charge is 0.274 e. The number of thiophene rings is 1. The van der Waals surface area contributed by atoms with Crippen LogP contribution in [0.15, 0.2) is 24.5 Å². The number of likely N-dealkylation sites (tertiary alicyclic amines) is 1. The van der Waals surface area contributed by atoms with E-state index < -0.39 is 5.82 Å². The van der Waals surface area contributed by atoms with Crippen LogP contribution in [0.5, 0.6) is 0 Å². The summed E-state index contributed by atoms with van der Waals surface area (Å²) in [6.07, 6.45) is 3.43. The highest BCUT2D eigenvalue weighted by atomic mass is 32.1. The van der Waals surface area contributed by atoms with Gasteiger partial charge in [0.2, 0.25) is 11.9 Å². The first kappa shape index (κ1) is 21.1. The Bertz CT molecular complexity index is 1150.